The normalized spacial score (nSPS) is 9.54. The second-order valence-electron chi connectivity index (χ2n) is 2.41. The maximum atomic E-state index is 5.11. The van der Waals surface area contributed by atoms with Gasteiger partial charge in [0.15, 0.2) is 11.5 Å². The highest BCUT2D eigenvalue weighted by atomic mass is 28.1. The molecule has 0 unspecified atom stereocenters. The van der Waals surface area contributed by atoms with Crippen LogP contribution in [0.2, 0.25) is 0 Å². The van der Waals surface area contributed by atoms with E-state index in [1.54, 1.807) is 33.5 Å². The number of hydrogen-bond donors (Lipinski definition) is 0. The van der Waals surface area contributed by atoms with Gasteiger partial charge in [-0.1, -0.05) is 0 Å². The Bertz CT molecular complexity index is 299. The Balaban J connectivity index is 3.18. The molecule has 0 spiro atoms. The Morgan fingerprint density at radius 3 is 1.77 bits per heavy atom. The summed E-state index contributed by atoms with van der Waals surface area (Å²) in [6.45, 7) is 0. The van der Waals surface area contributed by atoms with Crippen LogP contribution >= 0.6 is 0 Å². The van der Waals surface area contributed by atoms with Gasteiger partial charge in [-0.3, -0.25) is 0 Å². The molecule has 0 N–H and O–H groups in total. The first kappa shape index (κ1) is 9.92. The molecule has 0 atom stereocenters. The second-order valence-corrected chi connectivity index (χ2v) is 2.95. The van der Waals surface area contributed by atoms with E-state index in [9.17, 15) is 0 Å². The summed E-state index contributed by atoms with van der Waals surface area (Å²) in [5.41, 5.74) is 0. The summed E-state index contributed by atoms with van der Waals surface area (Å²) in [7, 11) is 8.19. The molecule has 0 aliphatic rings. The summed E-state index contributed by atoms with van der Waals surface area (Å²) in [4.78, 5) is 0. The smallest absolute Gasteiger partial charge is 0.164 e. The van der Waals surface area contributed by atoms with Crippen molar-refractivity contribution in [3.63, 3.8) is 0 Å². The Hall–Kier alpha value is -1.16. The molecule has 0 saturated heterocycles. The molecule has 4 heteroatoms. The molecule has 0 amide bonds. The lowest BCUT2D eigenvalue weighted by Crippen LogP contribution is -2.08. The molecule has 0 fully saturated rings. The van der Waals surface area contributed by atoms with E-state index in [1.807, 2.05) is 0 Å². The van der Waals surface area contributed by atoms with Crippen LogP contribution in [0.4, 0.5) is 0 Å². The fourth-order valence-corrected chi connectivity index (χ4v) is 1.33. The number of rotatable bonds is 3. The van der Waals surface area contributed by atoms with Crippen LogP contribution in [-0.4, -0.2) is 31.6 Å². The highest BCUT2D eigenvalue weighted by Gasteiger charge is 2.07. The Labute approximate surface area is 81.0 Å². The van der Waals surface area contributed by atoms with Crippen LogP contribution in [0, 0.1) is 0 Å². The molecular weight excluding hydrogens is 184 g/mol. The molecular formula is C9H11O3Si. The van der Waals surface area contributed by atoms with E-state index < -0.39 is 0 Å². The van der Waals surface area contributed by atoms with Gasteiger partial charge in [-0.15, -0.1) is 0 Å². The van der Waals surface area contributed by atoms with Crippen molar-refractivity contribution in [2.75, 3.05) is 21.3 Å². The van der Waals surface area contributed by atoms with Gasteiger partial charge in [0.25, 0.3) is 0 Å². The third-order valence-electron chi connectivity index (χ3n) is 1.71. The summed E-state index contributed by atoms with van der Waals surface area (Å²) in [6.07, 6.45) is 0. The maximum Gasteiger partial charge on any atom is 0.164 e. The van der Waals surface area contributed by atoms with Crippen LogP contribution in [0.5, 0.6) is 17.2 Å². The SMILES string of the molecule is COc1cc(OC)c(OC)cc1[Si]. The van der Waals surface area contributed by atoms with E-state index in [1.165, 1.54) is 0 Å². The number of hydrogen-bond acceptors (Lipinski definition) is 3. The number of benzene rings is 1. The van der Waals surface area contributed by atoms with Crippen molar-refractivity contribution in [1.82, 2.24) is 0 Å². The monoisotopic (exact) mass is 195 g/mol. The Morgan fingerprint density at radius 1 is 0.846 bits per heavy atom. The van der Waals surface area contributed by atoms with E-state index in [0.29, 0.717) is 17.2 Å². The fraction of sp³-hybridized carbons (Fsp3) is 0.333. The third-order valence-corrected chi connectivity index (χ3v) is 2.10. The van der Waals surface area contributed by atoms with Crippen LogP contribution in [0.3, 0.4) is 0 Å². The lowest BCUT2D eigenvalue weighted by Gasteiger charge is -2.11. The van der Waals surface area contributed by atoms with Crippen molar-refractivity contribution < 1.29 is 14.2 Å². The summed E-state index contributed by atoms with van der Waals surface area (Å²) in [5, 5.41) is 0.833. The predicted molar refractivity (Wildman–Crippen MR) is 51.5 cm³/mol. The van der Waals surface area contributed by atoms with Crippen molar-refractivity contribution >= 4 is 15.4 Å². The van der Waals surface area contributed by atoms with Crippen molar-refractivity contribution in [1.29, 1.82) is 0 Å². The molecule has 0 aromatic heterocycles. The molecule has 3 nitrogen and oxygen atoms in total. The number of methoxy groups -OCH3 is 3. The van der Waals surface area contributed by atoms with Crippen LogP contribution in [-0.2, 0) is 0 Å². The third kappa shape index (κ3) is 1.95. The zero-order valence-corrected chi connectivity index (χ0v) is 8.88. The van der Waals surface area contributed by atoms with Crippen molar-refractivity contribution in [2.45, 2.75) is 0 Å². The van der Waals surface area contributed by atoms with E-state index in [-0.39, 0.29) is 0 Å². The summed E-state index contributed by atoms with van der Waals surface area (Å²) in [6, 6.07) is 3.57. The topological polar surface area (TPSA) is 27.7 Å². The molecule has 0 aliphatic carbocycles. The van der Waals surface area contributed by atoms with E-state index in [2.05, 4.69) is 10.2 Å². The largest absolute Gasteiger partial charge is 0.497 e. The first-order chi connectivity index (χ1) is 6.22. The van der Waals surface area contributed by atoms with Gasteiger partial charge >= 0.3 is 0 Å². The van der Waals surface area contributed by atoms with Gasteiger partial charge in [0.05, 0.1) is 31.6 Å². The molecule has 0 bridgehead atoms. The molecule has 0 aliphatic heterocycles. The fourth-order valence-electron chi connectivity index (χ4n) is 1.03. The molecule has 3 radical (unpaired) electrons. The van der Waals surface area contributed by atoms with Crippen LogP contribution in [0.1, 0.15) is 0 Å². The van der Waals surface area contributed by atoms with E-state index in [0.717, 1.165) is 5.19 Å². The standard InChI is InChI=1S/C9H11O3Si/c1-10-6-4-8(12-3)9(13)5-7(6)11-2/h4-5H,1-3H3. The lowest BCUT2D eigenvalue weighted by molar-refractivity contribution is 0.350. The quantitative estimate of drug-likeness (QED) is 0.658. The molecule has 1 aromatic rings. The van der Waals surface area contributed by atoms with Gasteiger partial charge in [0, 0.05) is 6.07 Å². The molecule has 69 valence electrons. The van der Waals surface area contributed by atoms with E-state index in [4.69, 9.17) is 14.2 Å². The highest BCUT2D eigenvalue weighted by molar-refractivity contribution is 6.34. The Morgan fingerprint density at radius 2 is 1.31 bits per heavy atom. The Kier molecular flexibility index (Phi) is 3.19. The van der Waals surface area contributed by atoms with Crippen molar-refractivity contribution in [3.8, 4) is 17.2 Å². The zero-order chi connectivity index (χ0) is 9.84. The minimum Gasteiger partial charge on any atom is -0.497 e. The summed E-state index contributed by atoms with van der Waals surface area (Å²) < 4.78 is 15.3. The van der Waals surface area contributed by atoms with Gasteiger partial charge in [0.1, 0.15) is 5.75 Å². The number of ether oxygens (including phenoxy) is 3. The summed E-state index contributed by atoms with van der Waals surface area (Å²) in [5.74, 6) is 2.05. The minimum absolute atomic E-state index is 0.654. The highest BCUT2D eigenvalue weighted by Crippen LogP contribution is 2.28. The van der Waals surface area contributed by atoms with Gasteiger partial charge in [0.2, 0.25) is 0 Å². The molecule has 0 saturated carbocycles. The van der Waals surface area contributed by atoms with E-state index >= 15 is 0 Å². The van der Waals surface area contributed by atoms with Crippen molar-refractivity contribution in [2.24, 2.45) is 0 Å². The lowest BCUT2D eigenvalue weighted by atomic mass is 10.3. The molecule has 13 heavy (non-hydrogen) atoms. The zero-order valence-electron chi connectivity index (χ0n) is 7.88. The molecule has 1 rings (SSSR count). The predicted octanol–water partition coefficient (Wildman–Crippen LogP) is 0.506. The van der Waals surface area contributed by atoms with Gasteiger partial charge < -0.3 is 14.2 Å². The average Bonchev–Trinajstić information content (AvgIpc) is 2.17. The van der Waals surface area contributed by atoms with Crippen LogP contribution in [0.15, 0.2) is 12.1 Å². The van der Waals surface area contributed by atoms with Crippen LogP contribution in [0.25, 0.3) is 0 Å². The van der Waals surface area contributed by atoms with Gasteiger partial charge in [-0.25, -0.2) is 0 Å². The molecule has 0 heterocycles. The van der Waals surface area contributed by atoms with Crippen molar-refractivity contribution in [3.05, 3.63) is 12.1 Å². The average molecular weight is 195 g/mol. The minimum atomic E-state index is 0.654. The first-order valence-corrected chi connectivity index (χ1v) is 4.24. The first-order valence-electron chi connectivity index (χ1n) is 3.74. The van der Waals surface area contributed by atoms with Crippen LogP contribution < -0.4 is 19.4 Å². The summed E-state index contributed by atoms with van der Waals surface area (Å²) >= 11 is 0. The second kappa shape index (κ2) is 4.18. The molecule has 1 aromatic carbocycles. The van der Waals surface area contributed by atoms with Gasteiger partial charge in [-0.2, -0.15) is 0 Å². The van der Waals surface area contributed by atoms with Gasteiger partial charge in [-0.05, 0) is 11.3 Å². The maximum absolute atomic E-state index is 5.11.